The molecule has 3 rings (SSSR count). The third-order valence-electron chi connectivity index (χ3n) is 3.63. The molecule has 1 aliphatic heterocycles. The molecule has 1 fully saturated rings. The molecular formula is C15H16ClN3OS. The lowest BCUT2D eigenvalue weighted by Gasteiger charge is -2.36. The van der Waals surface area contributed by atoms with E-state index in [4.69, 9.17) is 17.3 Å². The van der Waals surface area contributed by atoms with Crippen LogP contribution < -0.4 is 10.6 Å². The second-order valence-corrected chi connectivity index (χ2v) is 6.66. The van der Waals surface area contributed by atoms with Crippen LogP contribution in [0.1, 0.15) is 9.67 Å². The highest BCUT2D eigenvalue weighted by Crippen LogP contribution is 2.26. The molecule has 0 bridgehead atoms. The van der Waals surface area contributed by atoms with E-state index in [0.717, 1.165) is 24.5 Å². The van der Waals surface area contributed by atoms with E-state index in [0.29, 0.717) is 22.3 Å². The molecule has 4 nitrogen and oxygen atoms in total. The first kappa shape index (κ1) is 14.2. The molecule has 0 aliphatic carbocycles. The summed E-state index contributed by atoms with van der Waals surface area (Å²) in [7, 11) is 0. The summed E-state index contributed by atoms with van der Waals surface area (Å²) in [6, 6.07) is 11.4. The van der Waals surface area contributed by atoms with Gasteiger partial charge in [-0.05, 0) is 24.3 Å². The molecule has 6 heteroatoms. The molecule has 110 valence electrons. The topological polar surface area (TPSA) is 49.6 Å². The predicted molar refractivity (Wildman–Crippen MR) is 88.3 cm³/mol. The van der Waals surface area contributed by atoms with E-state index in [1.165, 1.54) is 11.3 Å². The molecule has 1 aliphatic rings. The third kappa shape index (κ3) is 2.99. The van der Waals surface area contributed by atoms with Crippen molar-refractivity contribution in [2.75, 3.05) is 36.8 Å². The molecule has 0 unspecified atom stereocenters. The average Bonchev–Trinajstić information content (AvgIpc) is 2.94. The summed E-state index contributed by atoms with van der Waals surface area (Å²) >= 11 is 7.22. The monoisotopic (exact) mass is 321 g/mol. The number of anilines is 2. The van der Waals surface area contributed by atoms with Gasteiger partial charge < -0.3 is 15.5 Å². The zero-order valence-corrected chi connectivity index (χ0v) is 13.0. The predicted octanol–water partition coefficient (Wildman–Crippen LogP) is 2.95. The Balaban J connectivity index is 1.65. The van der Waals surface area contributed by atoms with Crippen LogP contribution in [-0.2, 0) is 0 Å². The molecule has 1 aromatic carbocycles. The van der Waals surface area contributed by atoms with E-state index in [9.17, 15) is 4.79 Å². The Hall–Kier alpha value is -1.72. The highest BCUT2D eigenvalue weighted by Gasteiger charge is 2.23. The number of hydrogen-bond donors (Lipinski definition) is 1. The fourth-order valence-corrected chi connectivity index (χ4v) is 3.52. The molecule has 0 radical (unpaired) electrons. The minimum absolute atomic E-state index is 0.0626. The van der Waals surface area contributed by atoms with Crippen LogP contribution in [0.15, 0.2) is 36.4 Å². The first-order valence-electron chi connectivity index (χ1n) is 6.79. The van der Waals surface area contributed by atoms with E-state index in [1.54, 1.807) is 12.1 Å². The molecule has 1 aromatic heterocycles. The Labute approximate surface area is 132 Å². The van der Waals surface area contributed by atoms with Crippen molar-refractivity contribution in [1.82, 2.24) is 4.90 Å². The maximum absolute atomic E-state index is 12.4. The summed E-state index contributed by atoms with van der Waals surface area (Å²) in [4.78, 5) is 17.2. The van der Waals surface area contributed by atoms with E-state index >= 15 is 0 Å². The normalized spacial score (nSPS) is 15.3. The Morgan fingerprint density at radius 2 is 1.81 bits per heavy atom. The Morgan fingerprint density at radius 1 is 1.10 bits per heavy atom. The van der Waals surface area contributed by atoms with Crippen molar-refractivity contribution in [2.24, 2.45) is 0 Å². The zero-order valence-electron chi connectivity index (χ0n) is 11.5. The molecule has 1 amide bonds. The maximum atomic E-state index is 12.4. The number of halogens is 1. The van der Waals surface area contributed by atoms with E-state index in [-0.39, 0.29) is 5.91 Å². The SMILES string of the molecule is Nc1ccccc1N1CCN(C(=O)c2ccc(Cl)s2)CC1. The van der Waals surface area contributed by atoms with Crippen LogP contribution in [0.3, 0.4) is 0 Å². The average molecular weight is 322 g/mol. The van der Waals surface area contributed by atoms with Crippen molar-refractivity contribution >= 4 is 40.2 Å². The minimum atomic E-state index is 0.0626. The molecule has 2 aromatic rings. The number of nitrogen functional groups attached to an aromatic ring is 1. The molecule has 21 heavy (non-hydrogen) atoms. The summed E-state index contributed by atoms with van der Waals surface area (Å²) in [5.74, 6) is 0.0626. The van der Waals surface area contributed by atoms with Crippen molar-refractivity contribution in [3.8, 4) is 0 Å². The van der Waals surface area contributed by atoms with Crippen molar-refractivity contribution < 1.29 is 4.79 Å². The Bertz CT molecular complexity index is 650. The van der Waals surface area contributed by atoms with Crippen LogP contribution in [-0.4, -0.2) is 37.0 Å². The van der Waals surface area contributed by atoms with Crippen molar-refractivity contribution in [3.63, 3.8) is 0 Å². The summed E-state index contributed by atoms with van der Waals surface area (Å²) < 4.78 is 0.647. The molecular weight excluding hydrogens is 306 g/mol. The first-order valence-corrected chi connectivity index (χ1v) is 7.98. The number of benzene rings is 1. The van der Waals surface area contributed by atoms with Gasteiger partial charge in [-0.3, -0.25) is 4.79 Å². The third-order valence-corrected chi connectivity index (χ3v) is 4.85. The van der Waals surface area contributed by atoms with Crippen molar-refractivity contribution in [2.45, 2.75) is 0 Å². The summed E-state index contributed by atoms with van der Waals surface area (Å²) in [5, 5.41) is 0. The van der Waals surface area contributed by atoms with Crippen LogP contribution in [0.25, 0.3) is 0 Å². The van der Waals surface area contributed by atoms with Gasteiger partial charge in [0, 0.05) is 26.2 Å². The van der Waals surface area contributed by atoms with Gasteiger partial charge in [-0.25, -0.2) is 0 Å². The number of thiophene rings is 1. The van der Waals surface area contributed by atoms with Gasteiger partial charge in [0.15, 0.2) is 0 Å². The number of carbonyl (C=O) groups excluding carboxylic acids is 1. The maximum Gasteiger partial charge on any atom is 0.264 e. The number of nitrogens with two attached hydrogens (primary N) is 1. The van der Waals surface area contributed by atoms with E-state index in [1.807, 2.05) is 29.2 Å². The van der Waals surface area contributed by atoms with Gasteiger partial charge in [0.1, 0.15) is 0 Å². The van der Waals surface area contributed by atoms with E-state index < -0.39 is 0 Å². The largest absolute Gasteiger partial charge is 0.397 e. The summed E-state index contributed by atoms with van der Waals surface area (Å²) in [6.07, 6.45) is 0. The Kier molecular flexibility index (Phi) is 4.03. The molecule has 0 saturated carbocycles. The molecule has 0 spiro atoms. The number of para-hydroxylation sites is 2. The van der Waals surface area contributed by atoms with Crippen LogP contribution in [0.2, 0.25) is 4.34 Å². The quantitative estimate of drug-likeness (QED) is 0.865. The van der Waals surface area contributed by atoms with E-state index in [2.05, 4.69) is 4.90 Å². The molecule has 0 atom stereocenters. The summed E-state index contributed by atoms with van der Waals surface area (Å²) in [6.45, 7) is 2.98. The van der Waals surface area contributed by atoms with Crippen LogP contribution >= 0.6 is 22.9 Å². The molecule has 1 saturated heterocycles. The number of hydrogen-bond acceptors (Lipinski definition) is 4. The highest BCUT2D eigenvalue weighted by molar-refractivity contribution is 7.17. The van der Waals surface area contributed by atoms with Gasteiger partial charge in [0.25, 0.3) is 5.91 Å². The van der Waals surface area contributed by atoms with Gasteiger partial charge in [-0.1, -0.05) is 23.7 Å². The number of rotatable bonds is 2. The number of carbonyl (C=O) groups is 1. The van der Waals surface area contributed by atoms with Gasteiger partial charge in [-0.15, -0.1) is 11.3 Å². The standard InChI is InChI=1S/C15H16ClN3OS/c16-14-6-5-13(21-14)15(20)19-9-7-18(8-10-19)12-4-2-1-3-11(12)17/h1-6H,7-10,17H2. The number of piperazine rings is 1. The number of nitrogens with zero attached hydrogens (tertiary/aromatic N) is 2. The minimum Gasteiger partial charge on any atom is -0.397 e. The highest BCUT2D eigenvalue weighted by atomic mass is 35.5. The lowest BCUT2D eigenvalue weighted by atomic mass is 10.2. The van der Waals surface area contributed by atoms with Crippen molar-refractivity contribution in [3.05, 3.63) is 45.6 Å². The molecule has 2 N–H and O–H groups in total. The lowest BCUT2D eigenvalue weighted by Crippen LogP contribution is -2.48. The fraction of sp³-hybridized carbons (Fsp3) is 0.267. The van der Waals surface area contributed by atoms with Gasteiger partial charge in [0.05, 0.1) is 20.6 Å². The fourth-order valence-electron chi connectivity index (χ4n) is 2.51. The number of amides is 1. The Morgan fingerprint density at radius 3 is 2.43 bits per heavy atom. The van der Waals surface area contributed by atoms with Crippen molar-refractivity contribution in [1.29, 1.82) is 0 Å². The smallest absolute Gasteiger partial charge is 0.264 e. The van der Waals surface area contributed by atoms with Crippen LogP contribution in [0.5, 0.6) is 0 Å². The second kappa shape index (κ2) is 5.95. The second-order valence-electron chi connectivity index (χ2n) is 4.94. The molecule has 2 heterocycles. The van der Waals surface area contributed by atoms with Crippen LogP contribution in [0.4, 0.5) is 11.4 Å². The zero-order chi connectivity index (χ0) is 14.8. The van der Waals surface area contributed by atoms with Crippen LogP contribution in [0, 0.1) is 0 Å². The van der Waals surface area contributed by atoms with Gasteiger partial charge in [-0.2, -0.15) is 0 Å². The lowest BCUT2D eigenvalue weighted by molar-refractivity contribution is 0.0751. The summed E-state index contributed by atoms with van der Waals surface area (Å²) in [5.41, 5.74) is 7.83. The van der Waals surface area contributed by atoms with Gasteiger partial charge in [0.2, 0.25) is 0 Å². The first-order chi connectivity index (χ1) is 10.1. The van der Waals surface area contributed by atoms with Gasteiger partial charge >= 0.3 is 0 Å².